The van der Waals surface area contributed by atoms with Crippen LogP contribution in [0.15, 0.2) is 84.3 Å². The van der Waals surface area contributed by atoms with E-state index in [1.165, 1.54) is 59.4 Å². The van der Waals surface area contributed by atoms with Gasteiger partial charge in [0, 0.05) is 39.9 Å². The molecule has 5 rings (SSSR count). The van der Waals surface area contributed by atoms with Crippen molar-refractivity contribution in [1.29, 1.82) is 0 Å². The number of carbonyl (C=O) groups excluding carboxylic acids is 1. The van der Waals surface area contributed by atoms with Crippen LogP contribution in [0.3, 0.4) is 0 Å². The number of benzene rings is 3. The van der Waals surface area contributed by atoms with E-state index in [4.69, 9.17) is 9.47 Å². The predicted molar refractivity (Wildman–Crippen MR) is 160 cm³/mol. The van der Waals surface area contributed by atoms with E-state index < -0.39 is 38.6 Å². The van der Waals surface area contributed by atoms with Crippen molar-refractivity contribution in [2.24, 2.45) is 0 Å². The number of hydrogen-bond acceptors (Lipinski definition) is 9. The van der Waals surface area contributed by atoms with E-state index in [2.05, 4.69) is 15.4 Å². The second-order valence-electron chi connectivity index (χ2n) is 10.4. The molecule has 1 amide bonds. The summed E-state index contributed by atoms with van der Waals surface area (Å²) < 4.78 is 65.0. The average molecular weight is 645 g/mol. The SMILES string of the molecule is CC(SC1COC(c2ccc(C(=O)Nc3ccc(S(C)(=O)=O)cc3)cc2)OC1)C(O)(Cn1cncn1)c1ccc(F)cc1F. The highest BCUT2D eigenvalue weighted by Crippen LogP contribution is 2.39. The molecule has 1 aliphatic heterocycles. The molecular weight excluding hydrogens is 614 g/mol. The number of sulfone groups is 1. The van der Waals surface area contributed by atoms with Gasteiger partial charge in [0.05, 0.1) is 29.9 Å². The minimum absolute atomic E-state index is 0.0556. The molecule has 2 atom stereocenters. The lowest BCUT2D eigenvalue weighted by molar-refractivity contribution is -0.180. The lowest BCUT2D eigenvalue weighted by Gasteiger charge is -2.37. The van der Waals surface area contributed by atoms with Gasteiger partial charge in [0.25, 0.3) is 5.91 Å². The lowest BCUT2D eigenvalue weighted by atomic mass is 9.90. The van der Waals surface area contributed by atoms with Gasteiger partial charge in [-0.15, -0.1) is 11.8 Å². The molecule has 1 fully saturated rings. The molecule has 0 aliphatic carbocycles. The highest BCUT2D eigenvalue weighted by atomic mass is 32.2. The van der Waals surface area contributed by atoms with E-state index in [9.17, 15) is 27.1 Å². The smallest absolute Gasteiger partial charge is 0.255 e. The highest BCUT2D eigenvalue weighted by Gasteiger charge is 2.41. The molecular formula is C30H30F2N4O6S2. The van der Waals surface area contributed by atoms with Crippen LogP contribution in [0.4, 0.5) is 14.5 Å². The summed E-state index contributed by atoms with van der Waals surface area (Å²) in [5.74, 6) is -1.97. The Morgan fingerprint density at radius 1 is 1.11 bits per heavy atom. The lowest BCUT2D eigenvalue weighted by Crippen LogP contribution is -2.43. The van der Waals surface area contributed by atoms with Crippen LogP contribution in [0.2, 0.25) is 0 Å². The summed E-state index contributed by atoms with van der Waals surface area (Å²) in [6.45, 7) is 2.19. The summed E-state index contributed by atoms with van der Waals surface area (Å²) in [5.41, 5.74) is -0.261. The van der Waals surface area contributed by atoms with Gasteiger partial charge in [0.15, 0.2) is 16.1 Å². The molecule has 1 saturated heterocycles. The zero-order valence-electron chi connectivity index (χ0n) is 23.8. The van der Waals surface area contributed by atoms with E-state index in [0.29, 0.717) is 16.8 Å². The molecule has 2 unspecified atom stereocenters. The Labute approximate surface area is 257 Å². The maximum absolute atomic E-state index is 14.8. The fraction of sp³-hybridized carbons (Fsp3) is 0.300. The Morgan fingerprint density at radius 2 is 1.80 bits per heavy atom. The first kappa shape index (κ1) is 31.7. The summed E-state index contributed by atoms with van der Waals surface area (Å²) in [6.07, 6.45) is 3.16. The molecule has 44 heavy (non-hydrogen) atoms. The monoisotopic (exact) mass is 644 g/mol. The number of aromatic nitrogens is 3. The molecule has 14 heteroatoms. The van der Waals surface area contributed by atoms with Gasteiger partial charge in [-0.05, 0) is 42.5 Å². The van der Waals surface area contributed by atoms with Crippen molar-refractivity contribution in [2.45, 2.75) is 40.8 Å². The largest absolute Gasteiger partial charge is 0.382 e. The van der Waals surface area contributed by atoms with Crippen molar-refractivity contribution in [1.82, 2.24) is 14.8 Å². The number of thioether (sulfide) groups is 1. The van der Waals surface area contributed by atoms with Crippen LogP contribution >= 0.6 is 11.8 Å². The van der Waals surface area contributed by atoms with Gasteiger partial charge >= 0.3 is 0 Å². The summed E-state index contributed by atoms with van der Waals surface area (Å²) in [6, 6.07) is 15.7. The normalized spacial score (nSPS) is 19.2. The molecule has 1 aromatic heterocycles. The van der Waals surface area contributed by atoms with Crippen LogP contribution in [0, 0.1) is 11.6 Å². The average Bonchev–Trinajstić information content (AvgIpc) is 3.50. The fourth-order valence-corrected chi connectivity index (χ4v) is 6.72. The number of aliphatic hydroxyl groups is 1. The molecule has 232 valence electrons. The van der Waals surface area contributed by atoms with E-state index in [-0.39, 0.29) is 41.4 Å². The van der Waals surface area contributed by atoms with Gasteiger partial charge in [0.2, 0.25) is 0 Å². The van der Waals surface area contributed by atoms with Gasteiger partial charge in [-0.25, -0.2) is 26.9 Å². The summed E-state index contributed by atoms with van der Waals surface area (Å²) in [5, 5.41) is 17.7. The molecule has 1 aliphatic rings. The second-order valence-corrected chi connectivity index (χ2v) is 14.1. The number of rotatable bonds is 10. The minimum Gasteiger partial charge on any atom is -0.382 e. The Kier molecular flexibility index (Phi) is 9.46. The van der Waals surface area contributed by atoms with Crippen molar-refractivity contribution in [2.75, 3.05) is 24.8 Å². The van der Waals surface area contributed by atoms with Gasteiger partial charge in [-0.3, -0.25) is 4.79 Å². The topological polar surface area (TPSA) is 133 Å². The second kappa shape index (κ2) is 13.1. The van der Waals surface area contributed by atoms with Gasteiger partial charge in [0.1, 0.15) is 29.9 Å². The van der Waals surface area contributed by atoms with Crippen LogP contribution in [0.1, 0.15) is 34.7 Å². The van der Waals surface area contributed by atoms with E-state index in [0.717, 1.165) is 18.4 Å². The van der Waals surface area contributed by atoms with Crippen LogP contribution < -0.4 is 5.32 Å². The number of carbonyl (C=O) groups is 1. The van der Waals surface area contributed by atoms with E-state index in [1.54, 1.807) is 31.2 Å². The van der Waals surface area contributed by atoms with Crippen LogP contribution in [-0.4, -0.2) is 64.2 Å². The number of anilines is 1. The van der Waals surface area contributed by atoms with E-state index >= 15 is 0 Å². The third kappa shape index (κ3) is 7.33. The van der Waals surface area contributed by atoms with E-state index in [1.807, 2.05) is 0 Å². The molecule has 2 N–H and O–H groups in total. The molecule has 2 heterocycles. The van der Waals surface area contributed by atoms with Crippen LogP contribution in [0.25, 0.3) is 0 Å². The zero-order chi connectivity index (χ0) is 31.5. The third-order valence-corrected chi connectivity index (χ3v) is 9.77. The third-order valence-electron chi connectivity index (χ3n) is 7.19. The number of halogens is 2. The Balaban J connectivity index is 1.19. The quantitative estimate of drug-likeness (QED) is 0.259. The number of ether oxygens (including phenoxy) is 2. The molecule has 0 radical (unpaired) electrons. The summed E-state index contributed by atoms with van der Waals surface area (Å²) in [4.78, 5) is 16.7. The summed E-state index contributed by atoms with van der Waals surface area (Å²) >= 11 is 1.36. The maximum atomic E-state index is 14.8. The molecule has 0 spiro atoms. The van der Waals surface area contributed by atoms with Crippen molar-refractivity contribution in [3.05, 3.63) is 108 Å². The van der Waals surface area contributed by atoms with Crippen molar-refractivity contribution < 1.29 is 36.6 Å². The van der Waals surface area contributed by atoms with Gasteiger partial charge < -0.3 is 19.9 Å². The molecule has 10 nitrogen and oxygen atoms in total. The predicted octanol–water partition coefficient (Wildman–Crippen LogP) is 4.34. The number of hydrogen-bond donors (Lipinski definition) is 2. The zero-order valence-corrected chi connectivity index (χ0v) is 25.4. The maximum Gasteiger partial charge on any atom is 0.255 e. The molecule has 3 aromatic carbocycles. The van der Waals surface area contributed by atoms with Crippen LogP contribution in [0.5, 0.6) is 0 Å². The first-order valence-electron chi connectivity index (χ1n) is 13.5. The van der Waals surface area contributed by atoms with Gasteiger partial charge in [-0.1, -0.05) is 25.1 Å². The van der Waals surface area contributed by atoms with Gasteiger partial charge in [-0.2, -0.15) is 5.10 Å². The number of nitrogens with zero attached hydrogens (tertiary/aromatic N) is 3. The molecule has 0 saturated carbocycles. The standard InChI is InChI=1S/C30H30F2N4O6S2/c1-19(30(38,16-36-18-33-17-34-36)26-12-7-22(31)13-27(26)32)43-24-14-41-29(42-15-24)21-5-3-20(4-6-21)28(37)35-23-8-10-25(11-9-23)44(2,39)40/h3-13,17-19,24,29,38H,14-16H2,1-2H3,(H,35,37). The number of nitrogens with one attached hydrogen (secondary N) is 1. The fourth-order valence-electron chi connectivity index (χ4n) is 4.77. The Morgan fingerprint density at radius 3 is 2.39 bits per heavy atom. The minimum atomic E-state index is -3.34. The van der Waals surface area contributed by atoms with Crippen molar-refractivity contribution in [3.8, 4) is 0 Å². The molecule has 4 aromatic rings. The first-order chi connectivity index (χ1) is 20.9. The van der Waals surface area contributed by atoms with Crippen LogP contribution in [-0.2, 0) is 31.5 Å². The molecule has 0 bridgehead atoms. The number of amides is 1. The van der Waals surface area contributed by atoms with Crippen molar-refractivity contribution >= 4 is 33.2 Å². The Hall–Kier alpha value is -3.69. The Bertz CT molecular complexity index is 1700. The van der Waals surface area contributed by atoms with Crippen molar-refractivity contribution in [3.63, 3.8) is 0 Å². The highest BCUT2D eigenvalue weighted by molar-refractivity contribution is 8.00. The summed E-state index contributed by atoms with van der Waals surface area (Å²) in [7, 11) is -3.34. The first-order valence-corrected chi connectivity index (χ1v) is 16.4.